The van der Waals surface area contributed by atoms with Crippen molar-refractivity contribution in [2.24, 2.45) is 0 Å². The first-order valence-electron chi connectivity index (χ1n) is 10.1. The Kier molecular flexibility index (Phi) is 6.82. The Hall–Kier alpha value is -3.22. The minimum absolute atomic E-state index is 0.0722. The van der Waals surface area contributed by atoms with Crippen LogP contribution < -0.4 is 10.6 Å². The van der Waals surface area contributed by atoms with Crippen LogP contribution in [0.25, 0.3) is 0 Å². The fraction of sp³-hybridized carbons (Fsp3) is 0.348. The Labute approximate surface area is 175 Å². The van der Waals surface area contributed by atoms with Gasteiger partial charge in [-0.25, -0.2) is 4.39 Å². The van der Waals surface area contributed by atoms with Crippen molar-refractivity contribution in [3.05, 3.63) is 71.5 Å². The van der Waals surface area contributed by atoms with Crippen LogP contribution in [0.3, 0.4) is 0 Å². The molecule has 1 heterocycles. The summed E-state index contributed by atoms with van der Waals surface area (Å²) < 4.78 is 13.2. The van der Waals surface area contributed by atoms with Crippen LogP contribution in [-0.4, -0.2) is 47.8 Å². The normalized spacial score (nSPS) is 18.1. The number of carbonyl (C=O) groups is 3. The molecule has 3 rings (SSSR count). The molecule has 6 nitrogen and oxygen atoms in total. The second kappa shape index (κ2) is 9.52. The quantitative estimate of drug-likeness (QED) is 0.687. The Morgan fingerprint density at radius 2 is 1.77 bits per heavy atom. The molecule has 2 N–H and O–H groups in total. The van der Waals surface area contributed by atoms with Gasteiger partial charge in [-0.3, -0.25) is 14.4 Å². The minimum Gasteiger partial charge on any atom is -0.354 e. The summed E-state index contributed by atoms with van der Waals surface area (Å²) in [6, 6.07) is 14.8. The fourth-order valence-corrected chi connectivity index (χ4v) is 3.72. The molecule has 0 aromatic heterocycles. The lowest BCUT2D eigenvalue weighted by Crippen LogP contribution is -2.56. The topological polar surface area (TPSA) is 78.5 Å². The standard InChI is InChI=1S/C23H26FN3O3/c1-23(11-6-14-27(23)21(29)18-8-3-2-4-9-18)22(30)26-13-12-25-20(28)16-17-7-5-10-19(24)15-17/h2-5,7-10,15H,6,11-14,16H2,1H3,(H,25,28)(H,26,30). The molecule has 1 atom stereocenters. The van der Waals surface area contributed by atoms with Crippen LogP contribution in [0.1, 0.15) is 35.7 Å². The summed E-state index contributed by atoms with van der Waals surface area (Å²) in [5, 5.41) is 5.53. The summed E-state index contributed by atoms with van der Waals surface area (Å²) in [6.45, 7) is 2.81. The van der Waals surface area contributed by atoms with Crippen molar-refractivity contribution >= 4 is 17.7 Å². The number of nitrogens with one attached hydrogen (secondary N) is 2. The van der Waals surface area contributed by atoms with Gasteiger partial charge in [0.2, 0.25) is 11.8 Å². The molecule has 1 saturated heterocycles. The maximum atomic E-state index is 13.2. The predicted molar refractivity (Wildman–Crippen MR) is 111 cm³/mol. The molecule has 0 aliphatic carbocycles. The Morgan fingerprint density at radius 1 is 1.03 bits per heavy atom. The first kappa shape index (κ1) is 21.5. The molecule has 2 aromatic carbocycles. The van der Waals surface area contributed by atoms with E-state index in [0.717, 1.165) is 6.42 Å². The molecule has 0 saturated carbocycles. The Balaban J connectivity index is 1.48. The summed E-state index contributed by atoms with van der Waals surface area (Å²) in [5.41, 5.74) is 0.228. The van der Waals surface area contributed by atoms with Gasteiger partial charge in [0.25, 0.3) is 5.91 Å². The van der Waals surface area contributed by atoms with E-state index in [1.165, 1.54) is 12.1 Å². The third-order valence-electron chi connectivity index (χ3n) is 5.38. The number of rotatable bonds is 7. The lowest BCUT2D eigenvalue weighted by molar-refractivity contribution is -0.130. The van der Waals surface area contributed by atoms with Crippen LogP contribution in [0.15, 0.2) is 54.6 Å². The fourth-order valence-electron chi connectivity index (χ4n) is 3.72. The summed E-state index contributed by atoms with van der Waals surface area (Å²) >= 11 is 0. The van der Waals surface area contributed by atoms with Gasteiger partial charge in [0.05, 0.1) is 6.42 Å². The molecule has 1 aliphatic heterocycles. The zero-order valence-electron chi connectivity index (χ0n) is 17.0. The number of amides is 3. The minimum atomic E-state index is -0.918. The van der Waals surface area contributed by atoms with Crippen molar-refractivity contribution < 1.29 is 18.8 Å². The second-order valence-electron chi connectivity index (χ2n) is 7.61. The average Bonchev–Trinajstić information content (AvgIpc) is 3.14. The van der Waals surface area contributed by atoms with Crippen LogP contribution in [0.5, 0.6) is 0 Å². The van der Waals surface area contributed by atoms with Gasteiger partial charge < -0.3 is 15.5 Å². The summed E-state index contributed by atoms with van der Waals surface area (Å²) in [6.07, 6.45) is 1.42. The van der Waals surface area contributed by atoms with E-state index in [9.17, 15) is 18.8 Å². The van der Waals surface area contributed by atoms with Gasteiger partial charge >= 0.3 is 0 Å². The van der Waals surface area contributed by atoms with Crippen LogP contribution in [0, 0.1) is 5.82 Å². The van der Waals surface area contributed by atoms with E-state index in [1.54, 1.807) is 48.2 Å². The van der Waals surface area contributed by atoms with Gasteiger partial charge in [-0.1, -0.05) is 30.3 Å². The SMILES string of the molecule is CC1(C(=O)NCCNC(=O)Cc2cccc(F)c2)CCCN1C(=O)c1ccccc1. The molecule has 1 aliphatic rings. The van der Waals surface area contributed by atoms with Crippen LogP contribution >= 0.6 is 0 Å². The molecule has 3 amide bonds. The first-order valence-corrected chi connectivity index (χ1v) is 10.1. The smallest absolute Gasteiger partial charge is 0.254 e. The lowest BCUT2D eigenvalue weighted by atomic mass is 9.97. The number of nitrogens with zero attached hydrogens (tertiary/aromatic N) is 1. The number of benzene rings is 2. The largest absolute Gasteiger partial charge is 0.354 e. The van der Waals surface area contributed by atoms with Crippen LogP contribution in [0.2, 0.25) is 0 Å². The molecule has 1 unspecified atom stereocenters. The molecule has 0 bridgehead atoms. The summed E-state index contributed by atoms with van der Waals surface area (Å²) in [4.78, 5) is 39.3. The zero-order valence-corrected chi connectivity index (χ0v) is 17.0. The van der Waals surface area contributed by atoms with E-state index in [1.807, 2.05) is 6.07 Å². The molecular weight excluding hydrogens is 385 g/mol. The van der Waals surface area contributed by atoms with Gasteiger partial charge in [0.1, 0.15) is 11.4 Å². The Morgan fingerprint density at radius 3 is 2.50 bits per heavy atom. The third kappa shape index (κ3) is 5.03. The van der Waals surface area contributed by atoms with E-state index >= 15 is 0 Å². The van der Waals surface area contributed by atoms with Crippen molar-refractivity contribution in [1.82, 2.24) is 15.5 Å². The number of likely N-dealkylation sites (tertiary alicyclic amines) is 1. The van der Waals surface area contributed by atoms with Crippen molar-refractivity contribution in [1.29, 1.82) is 0 Å². The van der Waals surface area contributed by atoms with Crippen molar-refractivity contribution in [2.75, 3.05) is 19.6 Å². The van der Waals surface area contributed by atoms with Crippen molar-refractivity contribution in [2.45, 2.75) is 31.7 Å². The lowest BCUT2D eigenvalue weighted by Gasteiger charge is -2.34. The van der Waals surface area contributed by atoms with E-state index in [-0.39, 0.29) is 43.0 Å². The number of carbonyl (C=O) groups excluding carboxylic acids is 3. The number of hydrogen-bond acceptors (Lipinski definition) is 3. The molecule has 0 spiro atoms. The molecule has 7 heteroatoms. The molecule has 2 aromatic rings. The summed E-state index contributed by atoms with van der Waals surface area (Å²) in [5.74, 6) is -1.02. The maximum Gasteiger partial charge on any atom is 0.254 e. The van der Waals surface area contributed by atoms with Crippen LogP contribution in [-0.2, 0) is 16.0 Å². The van der Waals surface area contributed by atoms with E-state index < -0.39 is 5.54 Å². The molecule has 0 radical (unpaired) electrons. The molecular formula is C23H26FN3O3. The predicted octanol–water partition coefficient (Wildman–Crippen LogP) is 2.30. The summed E-state index contributed by atoms with van der Waals surface area (Å²) in [7, 11) is 0. The Bertz CT molecular complexity index is 919. The highest BCUT2D eigenvalue weighted by molar-refractivity contribution is 5.99. The van der Waals surface area contributed by atoms with Crippen molar-refractivity contribution in [3.8, 4) is 0 Å². The number of hydrogen-bond donors (Lipinski definition) is 2. The van der Waals surface area contributed by atoms with Gasteiger partial charge in [-0.05, 0) is 49.6 Å². The van der Waals surface area contributed by atoms with Crippen LogP contribution in [0.4, 0.5) is 4.39 Å². The first-order chi connectivity index (χ1) is 14.4. The monoisotopic (exact) mass is 411 g/mol. The van der Waals surface area contributed by atoms with Crippen molar-refractivity contribution in [3.63, 3.8) is 0 Å². The third-order valence-corrected chi connectivity index (χ3v) is 5.38. The molecule has 158 valence electrons. The molecule has 1 fully saturated rings. The highest BCUT2D eigenvalue weighted by atomic mass is 19.1. The van der Waals surface area contributed by atoms with Gasteiger partial charge in [0.15, 0.2) is 0 Å². The van der Waals surface area contributed by atoms with E-state index in [4.69, 9.17) is 0 Å². The van der Waals surface area contributed by atoms with Gasteiger partial charge in [-0.2, -0.15) is 0 Å². The highest BCUT2D eigenvalue weighted by Crippen LogP contribution is 2.30. The maximum absolute atomic E-state index is 13.2. The average molecular weight is 411 g/mol. The number of halogens is 1. The van der Waals surface area contributed by atoms with Gasteiger partial charge in [-0.15, -0.1) is 0 Å². The van der Waals surface area contributed by atoms with Gasteiger partial charge in [0, 0.05) is 25.2 Å². The molecule has 30 heavy (non-hydrogen) atoms. The second-order valence-corrected chi connectivity index (χ2v) is 7.61. The zero-order chi connectivity index (χ0) is 21.6. The van der Waals surface area contributed by atoms with E-state index in [0.29, 0.717) is 24.1 Å². The van der Waals surface area contributed by atoms with E-state index in [2.05, 4.69) is 10.6 Å². The highest BCUT2D eigenvalue weighted by Gasteiger charge is 2.45.